The Hall–Kier alpha value is -4.31. The number of rotatable bonds is 8. The number of carbonyl (C=O) groups is 1. The molecule has 6 rings (SSSR count). The number of nitrogens with zero attached hydrogens (tertiary/aromatic N) is 6. The Morgan fingerprint density at radius 1 is 1.22 bits per heavy atom. The number of imidazole rings is 1. The van der Waals surface area contributed by atoms with Crippen LogP contribution in [0.3, 0.4) is 0 Å². The number of nitrogens with one attached hydrogen (secondary N) is 1. The highest BCUT2D eigenvalue weighted by atomic mass is 16.5. The number of hydrogen-bond donors (Lipinski definition) is 1. The van der Waals surface area contributed by atoms with Crippen LogP contribution in [0.2, 0.25) is 0 Å². The molecule has 4 heterocycles. The summed E-state index contributed by atoms with van der Waals surface area (Å²) in [7, 11) is 1.65. The molecule has 182 valence electrons. The molecule has 5 aromatic rings. The first-order chi connectivity index (χ1) is 17.6. The van der Waals surface area contributed by atoms with E-state index in [0.29, 0.717) is 35.4 Å². The molecule has 1 fully saturated rings. The molecule has 10 heteroatoms. The van der Waals surface area contributed by atoms with E-state index in [2.05, 4.69) is 31.7 Å². The van der Waals surface area contributed by atoms with Crippen LogP contribution in [0.25, 0.3) is 28.2 Å². The molecule has 0 radical (unpaired) electrons. The Labute approximate surface area is 207 Å². The topological polar surface area (TPSA) is 113 Å². The van der Waals surface area contributed by atoms with Crippen LogP contribution in [0, 0.1) is 0 Å². The molecule has 1 aliphatic rings. The van der Waals surface area contributed by atoms with Gasteiger partial charge in [0.1, 0.15) is 23.4 Å². The van der Waals surface area contributed by atoms with Crippen molar-refractivity contribution in [3.05, 3.63) is 72.8 Å². The molecular weight excluding hydrogens is 458 g/mol. The Balaban J connectivity index is 1.25. The average molecular weight is 484 g/mol. The molecule has 0 aliphatic heterocycles. The Bertz CT molecular complexity index is 1550. The van der Waals surface area contributed by atoms with E-state index in [1.54, 1.807) is 25.6 Å². The number of carbonyl (C=O) groups excluding carboxylic acids is 1. The molecule has 1 N–H and O–H groups in total. The van der Waals surface area contributed by atoms with Gasteiger partial charge >= 0.3 is 0 Å². The summed E-state index contributed by atoms with van der Waals surface area (Å²) in [6.45, 7) is 2.52. The number of furan rings is 1. The van der Waals surface area contributed by atoms with Crippen LogP contribution in [0.15, 0.2) is 65.7 Å². The average Bonchev–Trinajstić information content (AvgIpc) is 3.28. The molecule has 1 aliphatic carbocycles. The number of ether oxygens (including phenoxy) is 1. The third-order valence-electron chi connectivity index (χ3n) is 6.31. The predicted octanol–water partition coefficient (Wildman–Crippen LogP) is 4.61. The third-order valence-corrected chi connectivity index (χ3v) is 6.31. The van der Waals surface area contributed by atoms with E-state index in [1.807, 2.05) is 52.7 Å². The third kappa shape index (κ3) is 4.16. The molecule has 4 aromatic heterocycles. The summed E-state index contributed by atoms with van der Waals surface area (Å²) < 4.78 is 15.0. The minimum absolute atomic E-state index is 0.0284. The summed E-state index contributed by atoms with van der Waals surface area (Å²) in [5.74, 6) is 1.35. The molecular formula is C26H25N7O3. The molecule has 0 unspecified atom stereocenters. The maximum absolute atomic E-state index is 13.1. The van der Waals surface area contributed by atoms with Gasteiger partial charge in [-0.05, 0) is 50.1 Å². The fraction of sp³-hybridized carbons (Fsp3) is 0.269. The van der Waals surface area contributed by atoms with Crippen LogP contribution in [-0.4, -0.2) is 48.9 Å². The first-order valence-corrected chi connectivity index (χ1v) is 11.8. The maximum Gasteiger partial charge on any atom is 0.292 e. The zero-order valence-electron chi connectivity index (χ0n) is 20.0. The van der Waals surface area contributed by atoms with Crippen LogP contribution in [0.1, 0.15) is 48.0 Å². The van der Waals surface area contributed by atoms with Crippen molar-refractivity contribution < 1.29 is 13.9 Å². The molecule has 36 heavy (non-hydrogen) atoms. The Morgan fingerprint density at radius 2 is 2.08 bits per heavy atom. The highest BCUT2D eigenvalue weighted by Gasteiger charge is 2.26. The van der Waals surface area contributed by atoms with E-state index in [1.165, 1.54) is 12.8 Å². The second-order valence-electron chi connectivity index (χ2n) is 9.01. The van der Waals surface area contributed by atoms with Crippen LogP contribution < -0.4 is 5.32 Å². The second-order valence-corrected chi connectivity index (χ2v) is 9.01. The van der Waals surface area contributed by atoms with Gasteiger partial charge in [0.15, 0.2) is 11.6 Å². The molecule has 0 spiro atoms. The smallest absolute Gasteiger partial charge is 0.292 e. The van der Waals surface area contributed by atoms with Crippen LogP contribution in [-0.2, 0) is 4.74 Å². The predicted molar refractivity (Wildman–Crippen MR) is 133 cm³/mol. The Kier molecular flexibility index (Phi) is 5.57. The Morgan fingerprint density at radius 3 is 2.92 bits per heavy atom. The van der Waals surface area contributed by atoms with Crippen molar-refractivity contribution in [1.82, 2.24) is 29.3 Å². The van der Waals surface area contributed by atoms with Crippen molar-refractivity contribution in [2.45, 2.75) is 31.7 Å². The number of amides is 1. The van der Waals surface area contributed by atoms with Gasteiger partial charge in [-0.2, -0.15) is 0 Å². The van der Waals surface area contributed by atoms with Gasteiger partial charge in [-0.15, -0.1) is 10.2 Å². The van der Waals surface area contributed by atoms with E-state index in [4.69, 9.17) is 9.15 Å². The lowest BCUT2D eigenvalue weighted by molar-refractivity contribution is 0.0998. The van der Waals surface area contributed by atoms with Gasteiger partial charge in [0, 0.05) is 24.6 Å². The quantitative estimate of drug-likeness (QED) is 0.343. The zero-order chi connectivity index (χ0) is 24.6. The summed E-state index contributed by atoms with van der Waals surface area (Å²) in [6.07, 6.45) is 7.90. The number of anilines is 1. The molecule has 0 saturated heterocycles. The summed E-state index contributed by atoms with van der Waals surface area (Å²) in [6, 6.07) is 12.9. The highest BCUT2D eigenvalue weighted by Crippen LogP contribution is 2.39. The van der Waals surface area contributed by atoms with Gasteiger partial charge in [0.25, 0.3) is 5.91 Å². The standard InChI is InChI=1S/C26H25N7O3/c1-16(13-35-2)33-15-28-31-25(33)19-5-3-8-24(29-19)30-26(34)23-11-18-21(6-4-7-22(18)36-23)32-12-20(27-14-32)17-9-10-17/h3-8,11-12,14-17H,9-10,13H2,1-2H3,(H,29,30,34)/t16-/m1/s1. The number of benzene rings is 1. The fourth-order valence-corrected chi connectivity index (χ4v) is 4.32. The first kappa shape index (κ1) is 22.2. The van der Waals surface area contributed by atoms with Gasteiger partial charge in [0.2, 0.25) is 0 Å². The van der Waals surface area contributed by atoms with Crippen molar-refractivity contribution in [2.75, 3.05) is 19.0 Å². The molecule has 1 saturated carbocycles. The van der Waals surface area contributed by atoms with Gasteiger partial charge in [-0.3, -0.25) is 4.79 Å². The van der Waals surface area contributed by atoms with E-state index in [9.17, 15) is 4.79 Å². The molecule has 0 bridgehead atoms. The minimum Gasteiger partial charge on any atom is -0.451 e. The normalized spacial score (nSPS) is 14.3. The first-order valence-electron chi connectivity index (χ1n) is 11.8. The molecule has 1 aromatic carbocycles. The molecule has 10 nitrogen and oxygen atoms in total. The number of methoxy groups -OCH3 is 1. The van der Waals surface area contributed by atoms with Crippen molar-refractivity contribution in [2.24, 2.45) is 0 Å². The van der Waals surface area contributed by atoms with Crippen LogP contribution >= 0.6 is 0 Å². The van der Waals surface area contributed by atoms with Gasteiger partial charge in [0.05, 0.1) is 30.4 Å². The largest absolute Gasteiger partial charge is 0.451 e. The van der Waals surface area contributed by atoms with Crippen LogP contribution in [0.5, 0.6) is 0 Å². The van der Waals surface area contributed by atoms with E-state index < -0.39 is 0 Å². The fourth-order valence-electron chi connectivity index (χ4n) is 4.32. The highest BCUT2D eigenvalue weighted by molar-refractivity contribution is 6.05. The van der Waals surface area contributed by atoms with Crippen molar-refractivity contribution in [1.29, 1.82) is 0 Å². The van der Waals surface area contributed by atoms with E-state index in [0.717, 1.165) is 16.8 Å². The van der Waals surface area contributed by atoms with Crippen LogP contribution in [0.4, 0.5) is 5.82 Å². The molecule has 1 atom stereocenters. The summed E-state index contributed by atoms with van der Waals surface area (Å²) in [5, 5.41) is 11.9. The number of hydrogen-bond acceptors (Lipinski definition) is 7. The van der Waals surface area contributed by atoms with Gasteiger partial charge in [-0.1, -0.05) is 12.1 Å². The maximum atomic E-state index is 13.1. The summed E-state index contributed by atoms with van der Waals surface area (Å²) >= 11 is 0. The molecule has 1 amide bonds. The van der Waals surface area contributed by atoms with E-state index >= 15 is 0 Å². The van der Waals surface area contributed by atoms with Crippen molar-refractivity contribution >= 4 is 22.7 Å². The lowest BCUT2D eigenvalue weighted by Gasteiger charge is -2.14. The van der Waals surface area contributed by atoms with E-state index in [-0.39, 0.29) is 17.7 Å². The summed E-state index contributed by atoms with van der Waals surface area (Å²) in [4.78, 5) is 22.2. The lowest BCUT2D eigenvalue weighted by Crippen LogP contribution is -2.14. The van der Waals surface area contributed by atoms with Gasteiger partial charge < -0.3 is 23.6 Å². The second kappa shape index (κ2) is 9.04. The zero-order valence-corrected chi connectivity index (χ0v) is 20.0. The monoisotopic (exact) mass is 483 g/mol. The van der Waals surface area contributed by atoms with Crippen molar-refractivity contribution in [3.63, 3.8) is 0 Å². The number of fused-ring (bicyclic) bond motifs is 1. The summed E-state index contributed by atoms with van der Waals surface area (Å²) in [5.41, 5.74) is 3.24. The number of pyridine rings is 1. The number of aromatic nitrogens is 6. The SMILES string of the molecule is COC[C@@H](C)n1cnnc1-c1cccc(NC(=O)c2cc3c(-n4cnc(C5CC5)c4)cccc3o2)n1. The lowest BCUT2D eigenvalue weighted by atomic mass is 10.2. The van der Waals surface area contributed by atoms with Crippen molar-refractivity contribution in [3.8, 4) is 17.2 Å². The minimum atomic E-state index is -0.389. The van der Waals surface area contributed by atoms with Gasteiger partial charge in [-0.25, -0.2) is 9.97 Å².